The van der Waals surface area contributed by atoms with Crippen molar-refractivity contribution >= 4 is 26.9 Å². The van der Waals surface area contributed by atoms with Gasteiger partial charge in [0.15, 0.2) is 5.03 Å². The number of sulfonamides is 1. The molecule has 1 aromatic heterocycles. The molecule has 7 nitrogen and oxygen atoms in total. The molecule has 0 spiro atoms. The molecule has 0 saturated heterocycles. The van der Waals surface area contributed by atoms with Gasteiger partial charge < -0.3 is 4.74 Å². The molecular weight excluding hydrogens is 246 g/mol. The van der Waals surface area contributed by atoms with Gasteiger partial charge in [-0.2, -0.15) is 5.10 Å². The highest BCUT2D eigenvalue weighted by molar-refractivity contribution is 7.89. The predicted molar refractivity (Wildman–Crippen MR) is 58.8 cm³/mol. The van der Waals surface area contributed by atoms with Gasteiger partial charge in [-0.1, -0.05) is 6.07 Å². The Morgan fingerprint density at radius 2 is 2.18 bits per heavy atom. The molecule has 0 aliphatic heterocycles. The van der Waals surface area contributed by atoms with Crippen LogP contribution in [0.1, 0.15) is 10.4 Å². The smallest absolute Gasteiger partial charge is 0.338 e. The van der Waals surface area contributed by atoms with Gasteiger partial charge in [-0.25, -0.2) is 18.4 Å². The summed E-state index contributed by atoms with van der Waals surface area (Å²) < 4.78 is 27.2. The zero-order valence-corrected chi connectivity index (χ0v) is 9.61. The number of aromatic amines is 1. The highest BCUT2D eigenvalue weighted by Gasteiger charge is 2.21. The molecule has 3 N–H and O–H groups in total. The van der Waals surface area contributed by atoms with Crippen molar-refractivity contribution in [2.75, 3.05) is 7.11 Å². The standard InChI is InChI=1S/C9H9N3O4S/c1-16-9(13)5-3-2-4-6-7(5)8(12-11-6)17(10,14)15/h2-4H,1H3,(H,11,12)(H2,10,14,15). The van der Waals surface area contributed by atoms with Crippen LogP contribution in [0.25, 0.3) is 10.9 Å². The third-order valence-corrected chi connectivity index (χ3v) is 3.10. The quantitative estimate of drug-likeness (QED) is 0.733. The summed E-state index contributed by atoms with van der Waals surface area (Å²) in [6.45, 7) is 0. The van der Waals surface area contributed by atoms with Crippen molar-refractivity contribution in [2.45, 2.75) is 5.03 Å². The Morgan fingerprint density at radius 3 is 2.76 bits per heavy atom. The second kappa shape index (κ2) is 3.82. The van der Waals surface area contributed by atoms with E-state index in [1.54, 1.807) is 12.1 Å². The number of ether oxygens (including phenoxy) is 1. The Bertz CT molecular complexity index is 689. The SMILES string of the molecule is COC(=O)c1cccc2n[nH]c(S(N)(=O)=O)c12. The Kier molecular flexibility index (Phi) is 2.60. The largest absolute Gasteiger partial charge is 0.465 e. The summed E-state index contributed by atoms with van der Waals surface area (Å²) in [4.78, 5) is 11.5. The number of H-pyrrole nitrogens is 1. The first kappa shape index (κ1) is 11.6. The summed E-state index contributed by atoms with van der Waals surface area (Å²) in [5.41, 5.74) is 0.430. The molecule has 0 saturated carbocycles. The lowest BCUT2D eigenvalue weighted by molar-refractivity contribution is 0.0603. The van der Waals surface area contributed by atoms with Gasteiger partial charge >= 0.3 is 5.97 Å². The van der Waals surface area contributed by atoms with Crippen molar-refractivity contribution in [3.63, 3.8) is 0 Å². The number of hydrogen-bond acceptors (Lipinski definition) is 5. The molecule has 90 valence electrons. The van der Waals surface area contributed by atoms with Gasteiger partial charge in [-0.15, -0.1) is 0 Å². The van der Waals surface area contributed by atoms with Crippen molar-refractivity contribution in [3.8, 4) is 0 Å². The monoisotopic (exact) mass is 255 g/mol. The molecule has 0 bridgehead atoms. The number of primary sulfonamides is 1. The lowest BCUT2D eigenvalue weighted by atomic mass is 10.1. The van der Waals surface area contributed by atoms with Crippen LogP contribution in [0.4, 0.5) is 0 Å². The molecule has 0 fully saturated rings. The number of methoxy groups -OCH3 is 1. The topological polar surface area (TPSA) is 115 Å². The average Bonchev–Trinajstić information content (AvgIpc) is 2.70. The Labute approximate surface area is 96.6 Å². The maximum atomic E-state index is 11.5. The fraction of sp³-hybridized carbons (Fsp3) is 0.111. The van der Waals surface area contributed by atoms with E-state index in [0.29, 0.717) is 5.52 Å². The fourth-order valence-corrected chi connectivity index (χ4v) is 2.20. The molecule has 0 radical (unpaired) electrons. The van der Waals surface area contributed by atoms with Crippen molar-refractivity contribution < 1.29 is 17.9 Å². The molecular formula is C9H9N3O4S. The minimum absolute atomic E-state index is 0.0998. The Hall–Kier alpha value is -1.93. The third-order valence-electron chi connectivity index (χ3n) is 2.24. The zero-order chi connectivity index (χ0) is 12.6. The number of nitrogens with one attached hydrogen (secondary N) is 1. The van der Waals surface area contributed by atoms with E-state index in [2.05, 4.69) is 14.9 Å². The minimum atomic E-state index is -3.98. The highest BCUT2D eigenvalue weighted by Crippen LogP contribution is 2.23. The summed E-state index contributed by atoms with van der Waals surface area (Å²) in [6.07, 6.45) is 0. The summed E-state index contributed by atoms with van der Waals surface area (Å²) in [7, 11) is -2.77. The average molecular weight is 255 g/mol. The van der Waals surface area contributed by atoms with Gasteiger partial charge in [0.05, 0.1) is 23.6 Å². The van der Waals surface area contributed by atoms with Crippen LogP contribution in [0.2, 0.25) is 0 Å². The van der Waals surface area contributed by atoms with Crippen LogP contribution >= 0.6 is 0 Å². The van der Waals surface area contributed by atoms with Crippen molar-refractivity contribution in [3.05, 3.63) is 23.8 Å². The molecule has 8 heteroatoms. The molecule has 2 aromatic rings. The Balaban J connectivity index is 2.86. The van der Waals surface area contributed by atoms with Gasteiger partial charge in [0.25, 0.3) is 10.0 Å². The van der Waals surface area contributed by atoms with Crippen molar-refractivity contribution in [2.24, 2.45) is 5.14 Å². The van der Waals surface area contributed by atoms with E-state index in [4.69, 9.17) is 5.14 Å². The molecule has 17 heavy (non-hydrogen) atoms. The highest BCUT2D eigenvalue weighted by atomic mass is 32.2. The normalized spacial score (nSPS) is 11.6. The van der Waals surface area contributed by atoms with Crippen molar-refractivity contribution in [1.29, 1.82) is 0 Å². The number of rotatable bonds is 2. The summed E-state index contributed by atoms with van der Waals surface area (Å²) in [6, 6.07) is 4.58. The van der Waals surface area contributed by atoms with Crippen molar-refractivity contribution in [1.82, 2.24) is 10.2 Å². The number of fused-ring (bicyclic) bond motifs is 1. The second-order valence-electron chi connectivity index (χ2n) is 3.29. The van der Waals surface area contributed by atoms with Crippen LogP contribution in [-0.4, -0.2) is 31.7 Å². The maximum Gasteiger partial charge on any atom is 0.338 e. The lowest BCUT2D eigenvalue weighted by Crippen LogP contribution is -2.14. The molecule has 0 aliphatic rings. The molecule has 1 aromatic carbocycles. The number of hydrogen-bond donors (Lipinski definition) is 2. The van der Waals surface area contributed by atoms with Crippen LogP contribution in [0, 0.1) is 0 Å². The molecule has 0 atom stereocenters. The molecule has 0 aliphatic carbocycles. The van der Waals surface area contributed by atoms with Gasteiger partial charge in [0, 0.05) is 0 Å². The van der Waals surface area contributed by atoms with E-state index in [0.717, 1.165) is 0 Å². The fourth-order valence-electron chi connectivity index (χ4n) is 1.52. The van der Waals surface area contributed by atoms with Gasteiger partial charge in [0.2, 0.25) is 0 Å². The van der Waals surface area contributed by atoms with Crippen LogP contribution in [0.5, 0.6) is 0 Å². The molecule has 2 rings (SSSR count). The van der Waals surface area contributed by atoms with Crippen LogP contribution < -0.4 is 5.14 Å². The van der Waals surface area contributed by atoms with E-state index in [9.17, 15) is 13.2 Å². The van der Waals surface area contributed by atoms with Gasteiger partial charge in [-0.3, -0.25) is 5.10 Å². The number of nitrogens with zero attached hydrogens (tertiary/aromatic N) is 1. The van der Waals surface area contributed by atoms with Gasteiger partial charge in [-0.05, 0) is 12.1 Å². The maximum absolute atomic E-state index is 11.5. The summed E-state index contributed by atoms with van der Waals surface area (Å²) in [5.74, 6) is -0.651. The van der Waals surface area contributed by atoms with E-state index in [1.165, 1.54) is 13.2 Å². The first-order valence-corrected chi connectivity index (χ1v) is 6.08. The first-order valence-electron chi connectivity index (χ1n) is 4.53. The van der Waals surface area contributed by atoms with Crippen LogP contribution in [-0.2, 0) is 14.8 Å². The molecule has 0 amide bonds. The summed E-state index contributed by atoms with van der Waals surface area (Å²) in [5, 5.41) is 10.9. The predicted octanol–water partition coefficient (Wildman–Crippen LogP) is -0.00310. The van der Waals surface area contributed by atoms with E-state index in [-0.39, 0.29) is 16.0 Å². The number of carbonyl (C=O) groups is 1. The minimum Gasteiger partial charge on any atom is -0.465 e. The number of nitrogens with two attached hydrogens (primary N) is 1. The molecule has 1 heterocycles. The van der Waals surface area contributed by atoms with Crippen LogP contribution in [0.3, 0.4) is 0 Å². The third kappa shape index (κ3) is 1.87. The zero-order valence-electron chi connectivity index (χ0n) is 8.80. The van der Waals surface area contributed by atoms with E-state index >= 15 is 0 Å². The summed E-state index contributed by atoms with van der Waals surface area (Å²) >= 11 is 0. The second-order valence-corrected chi connectivity index (χ2v) is 4.79. The number of aromatic nitrogens is 2. The molecule has 0 unspecified atom stereocenters. The first-order chi connectivity index (χ1) is 7.95. The number of benzene rings is 1. The Morgan fingerprint density at radius 1 is 1.47 bits per heavy atom. The number of esters is 1. The van der Waals surface area contributed by atoms with E-state index < -0.39 is 16.0 Å². The lowest BCUT2D eigenvalue weighted by Gasteiger charge is -2.01. The number of carbonyl (C=O) groups excluding carboxylic acids is 1. The van der Waals surface area contributed by atoms with E-state index in [1.807, 2.05) is 0 Å². The van der Waals surface area contributed by atoms with Crippen LogP contribution in [0.15, 0.2) is 23.2 Å². The van der Waals surface area contributed by atoms with Gasteiger partial charge in [0.1, 0.15) is 0 Å².